The van der Waals surface area contributed by atoms with Gasteiger partial charge in [-0.2, -0.15) is 0 Å². The Morgan fingerprint density at radius 3 is 2.35 bits per heavy atom. The quantitative estimate of drug-likeness (QED) is 0.803. The molecule has 0 amide bonds. The van der Waals surface area contributed by atoms with Gasteiger partial charge >= 0.3 is 0 Å². The second-order valence-electron chi connectivity index (χ2n) is 6.20. The van der Waals surface area contributed by atoms with Crippen LogP contribution in [0.2, 0.25) is 0 Å². The zero-order valence-electron chi connectivity index (χ0n) is 12.9. The summed E-state index contributed by atoms with van der Waals surface area (Å²) >= 11 is 0. The molecule has 2 rings (SSSR count). The minimum atomic E-state index is -0.103. The number of nitrogens with one attached hydrogen (secondary N) is 1. The summed E-state index contributed by atoms with van der Waals surface area (Å²) in [5.41, 5.74) is 2.16. The van der Waals surface area contributed by atoms with Crippen molar-refractivity contribution in [1.29, 1.82) is 0 Å². The van der Waals surface area contributed by atoms with Crippen molar-refractivity contribution in [2.45, 2.75) is 64.8 Å². The van der Waals surface area contributed by atoms with Crippen LogP contribution in [0.15, 0.2) is 18.2 Å². The highest BCUT2D eigenvalue weighted by Gasteiger charge is 2.23. The van der Waals surface area contributed by atoms with Gasteiger partial charge in [0.15, 0.2) is 0 Å². The van der Waals surface area contributed by atoms with Crippen molar-refractivity contribution in [2.24, 2.45) is 5.92 Å². The lowest BCUT2D eigenvalue weighted by molar-refractivity contribution is 0.291. The Labute approximate surface area is 123 Å². The normalized spacial score (nSPS) is 19.4. The average molecular weight is 277 g/mol. The van der Waals surface area contributed by atoms with E-state index in [2.05, 4.69) is 18.3 Å². The van der Waals surface area contributed by atoms with Crippen LogP contribution in [-0.2, 0) is 0 Å². The van der Waals surface area contributed by atoms with Gasteiger partial charge in [0, 0.05) is 6.04 Å². The number of halogens is 1. The third kappa shape index (κ3) is 4.31. The summed E-state index contributed by atoms with van der Waals surface area (Å²) < 4.78 is 13.7. The Balaban J connectivity index is 2.19. The minimum absolute atomic E-state index is 0.103. The zero-order chi connectivity index (χ0) is 14.4. The van der Waals surface area contributed by atoms with Gasteiger partial charge in [-0.3, -0.25) is 0 Å². The molecule has 2 heteroatoms. The first-order chi connectivity index (χ1) is 9.70. The maximum absolute atomic E-state index is 13.7. The molecule has 20 heavy (non-hydrogen) atoms. The first kappa shape index (κ1) is 15.5. The van der Waals surface area contributed by atoms with Gasteiger partial charge in [0.05, 0.1) is 0 Å². The molecule has 0 aromatic heterocycles. The van der Waals surface area contributed by atoms with E-state index in [0.29, 0.717) is 12.0 Å². The van der Waals surface area contributed by atoms with Gasteiger partial charge in [-0.1, -0.05) is 45.1 Å². The maximum atomic E-state index is 13.7. The van der Waals surface area contributed by atoms with E-state index in [0.717, 1.165) is 17.7 Å². The molecule has 112 valence electrons. The zero-order valence-corrected chi connectivity index (χ0v) is 12.9. The van der Waals surface area contributed by atoms with E-state index in [9.17, 15) is 4.39 Å². The van der Waals surface area contributed by atoms with Crippen molar-refractivity contribution >= 4 is 0 Å². The monoisotopic (exact) mass is 277 g/mol. The van der Waals surface area contributed by atoms with Crippen molar-refractivity contribution in [3.05, 3.63) is 35.1 Å². The smallest absolute Gasteiger partial charge is 0.123 e. The first-order valence-corrected chi connectivity index (χ1v) is 8.21. The van der Waals surface area contributed by atoms with Crippen molar-refractivity contribution in [3.63, 3.8) is 0 Å². The fourth-order valence-corrected chi connectivity index (χ4v) is 3.54. The van der Waals surface area contributed by atoms with Crippen LogP contribution in [-0.4, -0.2) is 6.54 Å². The van der Waals surface area contributed by atoms with Gasteiger partial charge in [0.1, 0.15) is 5.82 Å². The van der Waals surface area contributed by atoms with E-state index in [1.165, 1.54) is 44.9 Å². The second kappa shape index (κ2) is 7.78. The van der Waals surface area contributed by atoms with Crippen LogP contribution in [0.4, 0.5) is 4.39 Å². The van der Waals surface area contributed by atoms with Gasteiger partial charge in [0.2, 0.25) is 0 Å². The Hall–Kier alpha value is -0.890. The number of rotatable bonds is 4. The van der Waals surface area contributed by atoms with Gasteiger partial charge < -0.3 is 5.32 Å². The van der Waals surface area contributed by atoms with Gasteiger partial charge in [0.25, 0.3) is 0 Å². The Morgan fingerprint density at radius 1 is 1.10 bits per heavy atom. The van der Waals surface area contributed by atoms with E-state index in [-0.39, 0.29) is 5.82 Å². The third-order valence-electron chi connectivity index (χ3n) is 4.47. The van der Waals surface area contributed by atoms with Gasteiger partial charge in [-0.05, 0) is 55.5 Å². The molecule has 0 aliphatic heterocycles. The highest BCUT2D eigenvalue weighted by atomic mass is 19.1. The molecule has 1 N–H and O–H groups in total. The molecule has 1 fully saturated rings. The van der Waals surface area contributed by atoms with E-state index >= 15 is 0 Å². The second-order valence-corrected chi connectivity index (χ2v) is 6.20. The topological polar surface area (TPSA) is 12.0 Å². The van der Waals surface area contributed by atoms with E-state index < -0.39 is 0 Å². The van der Waals surface area contributed by atoms with Gasteiger partial charge in [-0.25, -0.2) is 4.39 Å². The predicted molar refractivity (Wildman–Crippen MR) is 83.4 cm³/mol. The molecule has 1 saturated carbocycles. The van der Waals surface area contributed by atoms with Crippen LogP contribution >= 0.6 is 0 Å². The molecule has 1 aliphatic carbocycles. The highest BCUT2D eigenvalue weighted by molar-refractivity contribution is 5.27. The van der Waals surface area contributed by atoms with Crippen molar-refractivity contribution < 1.29 is 4.39 Å². The van der Waals surface area contributed by atoms with Crippen molar-refractivity contribution in [3.8, 4) is 0 Å². The average Bonchev–Trinajstić information content (AvgIpc) is 2.35. The van der Waals surface area contributed by atoms with Crippen LogP contribution in [0, 0.1) is 18.7 Å². The Kier molecular flexibility index (Phi) is 6.03. The van der Waals surface area contributed by atoms with Crippen LogP contribution in [0.3, 0.4) is 0 Å². The first-order valence-electron chi connectivity index (χ1n) is 8.21. The number of aryl methyl sites for hydroxylation is 1. The maximum Gasteiger partial charge on any atom is 0.123 e. The Morgan fingerprint density at radius 2 is 1.75 bits per heavy atom. The van der Waals surface area contributed by atoms with Gasteiger partial charge in [-0.15, -0.1) is 0 Å². The summed E-state index contributed by atoms with van der Waals surface area (Å²) in [6, 6.07) is 5.80. The summed E-state index contributed by atoms with van der Waals surface area (Å²) in [5.74, 6) is 0.546. The molecular formula is C18H28FN. The molecule has 0 bridgehead atoms. The summed E-state index contributed by atoms with van der Waals surface area (Å²) in [4.78, 5) is 0. The van der Waals surface area contributed by atoms with Crippen LogP contribution in [0.25, 0.3) is 0 Å². The summed E-state index contributed by atoms with van der Waals surface area (Å²) in [7, 11) is 0. The van der Waals surface area contributed by atoms with E-state index in [4.69, 9.17) is 0 Å². The van der Waals surface area contributed by atoms with Crippen LogP contribution in [0.1, 0.15) is 69.0 Å². The molecule has 1 aromatic rings. The SMILES string of the molecule is CCNC(c1cc(C)cc(F)c1)C1CCCCCCC1. The lowest BCUT2D eigenvalue weighted by atomic mass is 9.82. The number of hydrogen-bond donors (Lipinski definition) is 1. The van der Waals surface area contributed by atoms with Crippen molar-refractivity contribution in [2.75, 3.05) is 6.54 Å². The predicted octanol–water partition coefficient (Wildman–Crippen LogP) is 5.15. The lowest BCUT2D eigenvalue weighted by Gasteiger charge is -2.30. The molecule has 0 radical (unpaired) electrons. The molecule has 1 atom stereocenters. The van der Waals surface area contributed by atoms with E-state index in [1.807, 2.05) is 6.92 Å². The molecule has 0 saturated heterocycles. The minimum Gasteiger partial charge on any atom is -0.310 e. The highest BCUT2D eigenvalue weighted by Crippen LogP contribution is 2.33. The number of hydrogen-bond acceptors (Lipinski definition) is 1. The summed E-state index contributed by atoms with van der Waals surface area (Å²) in [6.45, 7) is 5.06. The Bertz CT molecular complexity index is 388. The standard InChI is InChI=1S/C18H28FN/c1-3-20-18(15-9-7-5-4-6-8-10-15)16-11-14(2)12-17(19)13-16/h11-13,15,18,20H,3-10H2,1-2H3. The summed E-state index contributed by atoms with van der Waals surface area (Å²) in [6.07, 6.45) is 9.29. The largest absolute Gasteiger partial charge is 0.310 e. The number of benzene rings is 1. The van der Waals surface area contributed by atoms with Crippen molar-refractivity contribution in [1.82, 2.24) is 5.32 Å². The van der Waals surface area contributed by atoms with E-state index in [1.54, 1.807) is 12.1 Å². The molecule has 0 heterocycles. The molecule has 1 nitrogen and oxygen atoms in total. The lowest BCUT2D eigenvalue weighted by Crippen LogP contribution is -2.29. The third-order valence-corrected chi connectivity index (χ3v) is 4.47. The molecule has 1 aliphatic rings. The molecular weight excluding hydrogens is 249 g/mol. The fourth-order valence-electron chi connectivity index (χ4n) is 3.54. The molecule has 1 aromatic carbocycles. The molecule has 1 unspecified atom stereocenters. The fraction of sp³-hybridized carbons (Fsp3) is 0.667. The molecule has 0 spiro atoms. The summed E-state index contributed by atoms with van der Waals surface area (Å²) in [5, 5.41) is 3.60. The van der Waals surface area contributed by atoms with Crippen LogP contribution < -0.4 is 5.32 Å². The van der Waals surface area contributed by atoms with Crippen LogP contribution in [0.5, 0.6) is 0 Å².